The van der Waals surface area contributed by atoms with Gasteiger partial charge in [0.2, 0.25) is 0 Å². The van der Waals surface area contributed by atoms with Gasteiger partial charge in [0.1, 0.15) is 0 Å². The van der Waals surface area contributed by atoms with Crippen molar-refractivity contribution >= 4 is 6.21 Å². The second-order valence-corrected chi connectivity index (χ2v) is 1.94. The highest BCUT2D eigenvalue weighted by atomic mass is 14.8. The van der Waals surface area contributed by atoms with Gasteiger partial charge in [-0.15, -0.1) is 0 Å². The molecule has 44 valence electrons. The molecular formula is C6H10N2. The van der Waals surface area contributed by atoms with E-state index in [-0.39, 0.29) is 6.04 Å². The number of nitrogens with zero attached hydrogens (tertiary/aromatic N) is 1. The Morgan fingerprint density at radius 2 is 2.50 bits per heavy atom. The maximum absolute atomic E-state index is 5.57. The summed E-state index contributed by atoms with van der Waals surface area (Å²) >= 11 is 0. The van der Waals surface area contributed by atoms with Crippen LogP contribution in [0.5, 0.6) is 0 Å². The van der Waals surface area contributed by atoms with Gasteiger partial charge in [0.25, 0.3) is 0 Å². The third kappa shape index (κ3) is 1.46. The quantitative estimate of drug-likeness (QED) is 0.480. The summed E-state index contributed by atoms with van der Waals surface area (Å²) in [5.74, 6) is 0. The van der Waals surface area contributed by atoms with Crippen LogP contribution in [0, 0.1) is 0 Å². The number of rotatable bonds is 0. The van der Waals surface area contributed by atoms with Gasteiger partial charge in [-0.25, -0.2) is 0 Å². The molecule has 2 N–H and O–H groups in total. The van der Waals surface area contributed by atoms with E-state index in [1.807, 2.05) is 12.2 Å². The standard InChI is InChI=1S/C6H10N2/c7-6-3-1-2-4-8-5-6/h1-2,4,6H,3,5,7H2. The summed E-state index contributed by atoms with van der Waals surface area (Å²) in [5.41, 5.74) is 5.57. The Balaban J connectivity index is 2.45. The number of hydrogen-bond acceptors (Lipinski definition) is 2. The Morgan fingerprint density at radius 3 is 3.38 bits per heavy atom. The maximum atomic E-state index is 5.57. The molecule has 1 atom stereocenters. The molecule has 0 bridgehead atoms. The lowest BCUT2D eigenvalue weighted by Crippen LogP contribution is -2.21. The summed E-state index contributed by atoms with van der Waals surface area (Å²) in [6, 6.07) is 0.241. The van der Waals surface area contributed by atoms with Crippen LogP contribution in [0.15, 0.2) is 17.1 Å². The fourth-order valence-corrected chi connectivity index (χ4v) is 0.646. The Hall–Kier alpha value is -0.630. The van der Waals surface area contributed by atoms with Gasteiger partial charge in [0.15, 0.2) is 0 Å². The fraction of sp³-hybridized carbons (Fsp3) is 0.500. The molecule has 0 radical (unpaired) electrons. The van der Waals surface area contributed by atoms with E-state index < -0.39 is 0 Å². The fourth-order valence-electron chi connectivity index (χ4n) is 0.646. The largest absolute Gasteiger partial charge is 0.326 e. The summed E-state index contributed by atoms with van der Waals surface area (Å²) in [7, 11) is 0. The molecule has 0 aromatic carbocycles. The summed E-state index contributed by atoms with van der Waals surface area (Å²) in [4.78, 5) is 4.02. The second kappa shape index (κ2) is 2.62. The lowest BCUT2D eigenvalue weighted by Gasteiger charge is -2.00. The summed E-state index contributed by atoms with van der Waals surface area (Å²) in [6.07, 6.45) is 6.74. The number of aliphatic imine (C=N–C) groups is 1. The zero-order chi connectivity index (χ0) is 5.82. The van der Waals surface area contributed by atoms with E-state index in [1.165, 1.54) is 0 Å². The molecule has 2 heteroatoms. The zero-order valence-corrected chi connectivity index (χ0v) is 4.75. The molecule has 0 spiro atoms. The van der Waals surface area contributed by atoms with Gasteiger partial charge in [-0.2, -0.15) is 0 Å². The normalized spacial score (nSPS) is 27.9. The predicted octanol–water partition coefficient (Wildman–Crippen LogP) is 0.344. The van der Waals surface area contributed by atoms with Crippen LogP contribution in [0.4, 0.5) is 0 Å². The van der Waals surface area contributed by atoms with Crippen molar-refractivity contribution in [1.82, 2.24) is 0 Å². The molecule has 1 aliphatic rings. The monoisotopic (exact) mass is 110 g/mol. The molecule has 1 aliphatic heterocycles. The van der Waals surface area contributed by atoms with E-state index in [0.717, 1.165) is 13.0 Å². The van der Waals surface area contributed by atoms with Gasteiger partial charge in [-0.3, -0.25) is 4.99 Å². The smallest absolute Gasteiger partial charge is 0.0543 e. The van der Waals surface area contributed by atoms with E-state index >= 15 is 0 Å². The highest BCUT2D eigenvalue weighted by molar-refractivity contribution is 5.71. The van der Waals surface area contributed by atoms with Crippen LogP contribution in [0.1, 0.15) is 6.42 Å². The highest BCUT2D eigenvalue weighted by Gasteiger charge is 1.97. The molecule has 1 unspecified atom stereocenters. The molecule has 0 aromatic rings. The molecule has 8 heavy (non-hydrogen) atoms. The van der Waals surface area contributed by atoms with Crippen molar-refractivity contribution in [3.05, 3.63) is 12.2 Å². The average Bonchev–Trinajstić information content (AvgIpc) is 1.94. The first-order valence-electron chi connectivity index (χ1n) is 2.80. The third-order valence-corrected chi connectivity index (χ3v) is 1.11. The van der Waals surface area contributed by atoms with Crippen molar-refractivity contribution < 1.29 is 0 Å². The van der Waals surface area contributed by atoms with Crippen molar-refractivity contribution in [2.24, 2.45) is 10.7 Å². The predicted molar refractivity (Wildman–Crippen MR) is 35.1 cm³/mol. The van der Waals surface area contributed by atoms with Crippen LogP contribution in [0.2, 0.25) is 0 Å². The number of nitrogens with two attached hydrogens (primary N) is 1. The molecule has 1 rings (SSSR count). The molecule has 2 nitrogen and oxygen atoms in total. The number of hydrogen-bond donors (Lipinski definition) is 1. The Morgan fingerprint density at radius 1 is 1.62 bits per heavy atom. The van der Waals surface area contributed by atoms with Crippen molar-refractivity contribution in [3.63, 3.8) is 0 Å². The average molecular weight is 110 g/mol. The molecule has 0 aliphatic carbocycles. The minimum Gasteiger partial charge on any atom is -0.326 e. The number of allylic oxidation sites excluding steroid dienone is 1. The molecule has 0 amide bonds. The minimum absolute atomic E-state index is 0.241. The van der Waals surface area contributed by atoms with Gasteiger partial charge < -0.3 is 5.73 Å². The highest BCUT2D eigenvalue weighted by Crippen LogP contribution is 1.93. The SMILES string of the molecule is NC1CC=CC=NC1. The van der Waals surface area contributed by atoms with Crippen molar-refractivity contribution in [2.45, 2.75) is 12.5 Å². The second-order valence-electron chi connectivity index (χ2n) is 1.94. The molecule has 0 fully saturated rings. The lowest BCUT2D eigenvalue weighted by atomic mass is 10.2. The van der Waals surface area contributed by atoms with Crippen LogP contribution >= 0.6 is 0 Å². The van der Waals surface area contributed by atoms with E-state index in [2.05, 4.69) is 4.99 Å². The first-order valence-corrected chi connectivity index (χ1v) is 2.80. The van der Waals surface area contributed by atoms with E-state index in [0.29, 0.717) is 0 Å². The molecule has 0 saturated heterocycles. The molecule has 1 heterocycles. The van der Waals surface area contributed by atoms with Crippen molar-refractivity contribution in [1.29, 1.82) is 0 Å². The maximum Gasteiger partial charge on any atom is 0.0543 e. The van der Waals surface area contributed by atoms with Crippen molar-refractivity contribution in [3.8, 4) is 0 Å². The first kappa shape index (κ1) is 5.51. The van der Waals surface area contributed by atoms with Gasteiger partial charge in [-0.1, -0.05) is 6.08 Å². The minimum atomic E-state index is 0.241. The van der Waals surface area contributed by atoms with Crippen LogP contribution in [0.3, 0.4) is 0 Å². The van der Waals surface area contributed by atoms with E-state index in [9.17, 15) is 0 Å². The van der Waals surface area contributed by atoms with Crippen LogP contribution in [-0.4, -0.2) is 18.8 Å². The lowest BCUT2D eigenvalue weighted by molar-refractivity contribution is 0.700. The van der Waals surface area contributed by atoms with E-state index in [4.69, 9.17) is 5.73 Å². The summed E-state index contributed by atoms with van der Waals surface area (Å²) < 4.78 is 0. The van der Waals surface area contributed by atoms with Gasteiger partial charge in [0.05, 0.1) is 6.54 Å². The van der Waals surface area contributed by atoms with Crippen LogP contribution in [-0.2, 0) is 0 Å². The van der Waals surface area contributed by atoms with Gasteiger partial charge in [-0.05, 0) is 12.5 Å². The zero-order valence-electron chi connectivity index (χ0n) is 4.75. The van der Waals surface area contributed by atoms with E-state index in [1.54, 1.807) is 6.21 Å². The topological polar surface area (TPSA) is 38.4 Å². The Bertz CT molecular complexity index is 102. The first-order chi connectivity index (χ1) is 3.89. The Labute approximate surface area is 49.1 Å². The Kier molecular flexibility index (Phi) is 1.80. The summed E-state index contributed by atoms with van der Waals surface area (Å²) in [5, 5.41) is 0. The third-order valence-electron chi connectivity index (χ3n) is 1.11. The van der Waals surface area contributed by atoms with Gasteiger partial charge >= 0.3 is 0 Å². The van der Waals surface area contributed by atoms with Crippen LogP contribution < -0.4 is 5.73 Å². The molecule has 0 aromatic heterocycles. The van der Waals surface area contributed by atoms with Crippen molar-refractivity contribution in [2.75, 3.05) is 6.54 Å². The molecular weight excluding hydrogens is 100 g/mol. The van der Waals surface area contributed by atoms with Gasteiger partial charge in [0, 0.05) is 12.3 Å². The summed E-state index contributed by atoms with van der Waals surface area (Å²) in [6.45, 7) is 0.771. The molecule has 0 saturated carbocycles. The van der Waals surface area contributed by atoms with Crippen LogP contribution in [0.25, 0.3) is 0 Å².